The van der Waals surface area contributed by atoms with Crippen molar-refractivity contribution in [3.05, 3.63) is 0 Å². The van der Waals surface area contributed by atoms with E-state index in [9.17, 15) is 14.7 Å². The summed E-state index contributed by atoms with van der Waals surface area (Å²) in [6.07, 6.45) is -0.482. The number of aliphatic hydroxyl groups excluding tert-OH is 1. The van der Waals surface area contributed by atoms with Gasteiger partial charge in [0.1, 0.15) is 5.92 Å². The van der Waals surface area contributed by atoms with Gasteiger partial charge in [-0.2, -0.15) is 0 Å². The second kappa shape index (κ2) is 3.74. The third kappa shape index (κ3) is 2.18. The van der Waals surface area contributed by atoms with Gasteiger partial charge in [0, 0.05) is 20.0 Å². The maximum absolute atomic E-state index is 10.9. The summed E-state index contributed by atoms with van der Waals surface area (Å²) in [5, 5.41) is 18.0. The van der Waals surface area contributed by atoms with E-state index in [0.29, 0.717) is 13.0 Å². The molecule has 5 nitrogen and oxygen atoms in total. The predicted molar refractivity (Wildman–Crippen MR) is 44.0 cm³/mol. The number of carbonyl (C=O) groups excluding carboxylic acids is 1. The van der Waals surface area contributed by atoms with Crippen molar-refractivity contribution in [2.45, 2.75) is 19.4 Å². The normalized spacial score (nSPS) is 28.6. The fraction of sp³-hybridized carbons (Fsp3) is 0.750. The lowest BCUT2D eigenvalue weighted by Crippen LogP contribution is -2.48. The van der Waals surface area contributed by atoms with Crippen molar-refractivity contribution in [1.82, 2.24) is 4.90 Å². The molecular weight excluding hydrogens is 174 g/mol. The van der Waals surface area contributed by atoms with Gasteiger partial charge in [0.2, 0.25) is 5.91 Å². The first-order valence-corrected chi connectivity index (χ1v) is 4.18. The molecule has 1 aliphatic heterocycles. The monoisotopic (exact) mass is 187 g/mol. The largest absolute Gasteiger partial charge is 0.481 e. The summed E-state index contributed by atoms with van der Waals surface area (Å²) in [4.78, 5) is 23.0. The topological polar surface area (TPSA) is 77.8 Å². The first kappa shape index (κ1) is 9.98. The van der Waals surface area contributed by atoms with E-state index < -0.39 is 18.0 Å². The fourth-order valence-corrected chi connectivity index (χ4v) is 1.47. The van der Waals surface area contributed by atoms with Crippen molar-refractivity contribution in [1.29, 1.82) is 0 Å². The lowest BCUT2D eigenvalue weighted by molar-refractivity contribution is -0.151. The second-order valence-corrected chi connectivity index (χ2v) is 3.27. The molecule has 0 aliphatic carbocycles. The van der Waals surface area contributed by atoms with Crippen molar-refractivity contribution in [3.8, 4) is 0 Å². The van der Waals surface area contributed by atoms with Crippen LogP contribution in [0.3, 0.4) is 0 Å². The lowest BCUT2D eigenvalue weighted by Gasteiger charge is -2.33. The third-order valence-electron chi connectivity index (χ3n) is 2.34. The van der Waals surface area contributed by atoms with E-state index in [1.54, 1.807) is 0 Å². The number of rotatable bonds is 1. The molecule has 2 unspecified atom stereocenters. The summed E-state index contributed by atoms with van der Waals surface area (Å²) in [5.74, 6) is -2.02. The van der Waals surface area contributed by atoms with Gasteiger partial charge in [-0.15, -0.1) is 0 Å². The van der Waals surface area contributed by atoms with Crippen LogP contribution in [-0.2, 0) is 9.59 Å². The lowest BCUT2D eigenvalue weighted by atomic mass is 9.95. The van der Waals surface area contributed by atoms with Crippen LogP contribution in [-0.4, -0.2) is 46.2 Å². The highest BCUT2D eigenvalue weighted by Gasteiger charge is 2.33. The Morgan fingerprint density at radius 2 is 2.08 bits per heavy atom. The predicted octanol–water partition coefficient (Wildman–Crippen LogP) is -0.700. The van der Waals surface area contributed by atoms with Crippen LogP contribution in [0.1, 0.15) is 13.3 Å². The zero-order valence-corrected chi connectivity index (χ0v) is 7.43. The fourth-order valence-electron chi connectivity index (χ4n) is 1.47. The molecule has 13 heavy (non-hydrogen) atoms. The van der Waals surface area contributed by atoms with E-state index in [2.05, 4.69) is 0 Å². The molecule has 0 aromatic heterocycles. The van der Waals surface area contributed by atoms with Crippen LogP contribution >= 0.6 is 0 Å². The molecule has 0 aromatic rings. The number of carbonyl (C=O) groups is 2. The molecular formula is C8H13NO4. The highest BCUT2D eigenvalue weighted by molar-refractivity contribution is 5.76. The molecule has 5 heteroatoms. The van der Waals surface area contributed by atoms with Crippen molar-refractivity contribution in [3.63, 3.8) is 0 Å². The van der Waals surface area contributed by atoms with Gasteiger partial charge in [-0.3, -0.25) is 9.59 Å². The van der Waals surface area contributed by atoms with E-state index >= 15 is 0 Å². The van der Waals surface area contributed by atoms with Gasteiger partial charge in [0.05, 0.1) is 6.10 Å². The molecule has 1 fully saturated rings. The van der Waals surface area contributed by atoms with Crippen molar-refractivity contribution in [2.24, 2.45) is 5.92 Å². The van der Waals surface area contributed by atoms with Gasteiger partial charge in [0.25, 0.3) is 0 Å². The summed E-state index contributed by atoms with van der Waals surface area (Å²) >= 11 is 0. The summed E-state index contributed by atoms with van der Waals surface area (Å²) in [6, 6.07) is 0. The Kier molecular flexibility index (Phi) is 2.87. The van der Waals surface area contributed by atoms with E-state index in [1.807, 2.05) is 0 Å². The van der Waals surface area contributed by atoms with Crippen molar-refractivity contribution < 1.29 is 19.8 Å². The molecule has 0 bridgehead atoms. The zero-order valence-electron chi connectivity index (χ0n) is 7.43. The minimum Gasteiger partial charge on any atom is -0.481 e. The van der Waals surface area contributed by atoms with Crippen LogP contribution in [0.4, 0.5) is 0 Å². The second-order valence-electron chi connectivity index (χ2n) is 3.27. The Bertz CT molecular complexity index is 228. The van der Waals surface area contributed by atoms with Crippen LogP contribution in [0.25, 0.3) is 0 Å². The number of aliphatic hydroxyl groups is 1. The van der Waals surface area contributed by atoms with Gasteiger partial charge < -0.3 is 15.1 Å². The number of nitrogens with zero attached hydrogens (tertiary/aromatic N) is 1. The SMILES string of the molecule is CC(=O)N1CCC(O)C(C(=O)O)C1. The number of hydrogen-bond donors (Lipinski definition) is 2. The summed E-state index contributed by atoms with van der Waals surface area (Å²) in [5.41, 5.74) is 0. The average Bonchev–Trinajstić information content (AvgIpc) is 2.04. The number of hydrogen-bond acceptors (Lipinski definition) is 3. The van der Waals surface area contributed by atoms with E-state index in [1.165, 1.54) is 11.8 Å². The van der Waals surface area contributed by atoms with E-state index in [-0.39, 0.29) is 12.5 Å². The Labute approximate surface area is 76.0 Å². The average molecular weight is 187 g/mol. The standard InChI is InChI=1S/C8H13NO4/c1-5(10)9-3-2-7(11)6(4-9)8(12)13/h6-7,11H,2-4H2,1H3,(H,12,13). The number of piperidine rings is 1. The molecule has 1 rings (SSSR count). The maximum atomic E-state index is 10.9. The van der Waals surface area contributed by atoms with Gasteiger partial charge in [-0.1, -0.05) is 0 Å². The van der Waals surface area contributed by atoms with E-state index in [4.69, 9.17) is 5.11 Å². The van der Waals surface area contributed by atoms with Gasteiger partial charge in [-0.05, 0) is 6.42 Å². The third-order valence-corrected chi connectivity index (χ3v) is 2.34. The molecule has 0 spiro atoms. The molecule has 1 saturated heterocycles. The molecule has 0 saturated carbocycles. The molecule has 2 atom stereocenters. The summed E-state index contributed by atoms with van der Waals surface area (Å²) < 4.78 is 0. The summed E-state index contributed by atoms with van der Waals surface area (Å²) in [7, 11) is 0. The maximum Gasteiger partial charge on any atom is 0.310 e. The Balaban J connectivity index is 2.63. The Hall–Kier alpha value is -1.10. The van der Waals surface area contributed by atoms with Crippen LogP contribution in [0.15, 0.2) is 0 Å². The molecule has 0 radical (unpaired) electrons. The van der Waals surface area contributed by atoms with E-state index in [0.717, 1.165) is 0 Å². The van der Waals surface area contributed by atoms with Crippen LogP contribution in [0.2, 0.25) is 0 Å². The first-order chi connectivity index (χ1) is 6.02. The number of carboxylic acids is 1. The quantitative estimate of drug-likeness (QED) is 0.569. The minimum absolute atomic E-state index is 0.117. The number of aliphatic carboxylic acids is 1. The number of likely N-dealkylation sites (tertiary alicyclic amines) is 1. The van der Waals surface area contributed by atoms with Crippen LogP contribution in [0, 0.1) is 5.92 Å². The smallest absolute Gasteiger partial charge is 0.310 e. The van der Waals surface area contributed by atoms with Crippen molar-refractivity contribution >= 4 is 11.9 Å². The van der Waals surface area contributed by atoms with Crippen LogP contribution < -0.4 is 0 Å². The first-order valence-electron chi connectivity index (χ1n) is 4.18. The number of carboxylic acid groups (broad SMARTS) is 1. The van der Waals surface area contributed by atoms with Gasteiger partial charge in [-0.25, -0.2) is 0 Å². The van der Waals surface area contributed by atoms with Gasteiger partial charge >= 0.3 is 5.97 Å². The Morgan fingerprint density at radius 3 is 2.54 bits per heavy atom. The van der Waals surface area contributed by atoms with Crippen LogP contribution in [0.5, 0.6) is 0 Å². The molecule has 74 valence electrons. The number of amides is 1. The van der Waals surface area contributed by atoms with Gasteiger partial charge in [0.15, 0.2) is 0 Å². The molecule has 1 amide bonds. The highest BCUT2D eigenvalue weighted by atomic mass is 16.4. The molecule has 2 N–H and O–H groups in total. The zero-order chi connectivity index (χ0) is 10.0. The Morgan fingerprint density at radius 1 is 1.46 bits per heavy atom. The molecule has 0 aromatic carbocycles. The molecule has 1 heterocycles. The summed E-state index contributed by atoms with van der Waals surface area (Å²) in [6.45, 7) is 1.96. The minimum atomic E-state index is -1.04. The van der Waals surface area contributed by atoms with Crippen molar-refractivity contribution in [2.75, 3.05) is 13.1 Å². The highest BCUT2D eigenvalue weighted by Crippen LogP contribution is 2.17. The molecule has 1 aliphatic rings.